The molecular formula is C19H17NO3. The minimum atomic E-state index is -0.372. The van der Waals surface area contributed by atoms with Crippen molar-refractivity contribution in [2.45, 2.75) is 0 Å². The highest BCUT2D eigenvalue weighted by Crippen LogP contribution is 2.11. The number of esters is 1. The third-order valence-corrected chi connectivity index (χ3v) is 3.07. The summed E-state index contributed by atoms with van der Waals surface area (Å²) in [6.45, 7) is -0.00323. The molecule has 0 amide bonds. The smallest absolute Gasteiger partial charge is 0.327 e. The van der Waals surface area contributed by atoms with Crippen molar-refractivity contribution < 1.29 is 14.3 Å². The molecule has 2 aromatic rings. The number of hydrogen-bond donors (Lipinski definition) is 0. The Morgan fingerprint density at radius 2 is 1.83 bits per heavy atom. The van der Waals surface area contributed by atoms with Crippen molar-refractivity contribution in [3.05, 3.63) is 65.2 Å². The SMILES string of the molecule is COC(=O)CN=Cc1ccccc1C#Cc1ccc(OC)cc1. The molecule has 0 fully saturated rings. The lowest BCUT2D eigenvalue weighted by atomic mass is 10.1. The third-order valence-electron chi connectivity index (χ3n) is 3.07. The van der Waals surface area contributed by atoms with Gasteiger partial charge in [-0.1, -0.05) is 30.0 Å². The molecule has 0 aliphatic carbocycles. The van der Waals surface area contributed by atoms with Gasteiger partial charge in [0.15, 0.2) is 0 Å². The summed E-state index contributed by atoms with van der Waals surface area (Å²) in [4.78, 5) is 15.1. The van der Waals surface area contributed by atoms with Crippen LogP contribution in [0.3, 0.4) is 0 Å². The number of hydrogen-bond acceptors (Lipinski definition) is 4. The van der Waals surface area contributed by atoms with Crippen molar-refractivity contribution in [1.29, 1.82) is 0 Å². The van der Waals surface area contributed by atoms with Gasteiger partial charge in [0.05, 0.1) is 14.2 Å². The molecule has 0 unspecified atom stereocenters. The lowest BCUT2D eigenvalue weighted by Crippen LogP contribution is -2.04. The monoisotopic (exact) mass is 307 g/mol. The Balaban J connectivity index is 2.17. The molecule has 2 rings (SSSR count). The maximum atomic E-state index is 11.1. The summed E-state index contributed by atoms with van der Waals surface area (Å²) in [6, 6.07) is 15.2. The number of carbonyl (C=O) groups excluding carboxylic acids is 1. The first-order valence-electron chi connectivity index (χ1n) is 7.04. The largest absolute Gasteiger partial charge is 0.497 e. The lowest BCUT2D eigenvalue weighted by molar-refractivity contribution is -0.138. The Bertz CT molecular complexity index is 752. The van der Waals surface area contributed by atoms with Gasteiger partial charge in [0, 0.05) is 22.9 Å². The van der Waals surface area contributed by atoms with E-state index in [-0.39, 0.29) is 12.5 Å². The molecular weight excluding hydrogens is 290 g/mol. The van der Waals surface area contributed by atoms with Gasteiger partial charge in [0.25, 0.3) is 0 Å². The van der Waals surface area contributed by atoms with E-state index in [1.54, 1.807) is 13.3 Å². The van der Waals surface area contributed by atoms with E-state index in [1.165, 1.54) is 7.11 Å². The number of ether oxygens (including phenoxy) is 2. The fourth-order valence-electron chi connectivity index (χ4n) is 1.82. The fourth-order valence-corrected chi connectivity index (χ4v) is 1.82. The highest BCUT2D eigenvalue weighted by Gasteiger charge is 1.98. The zero-order valence-electron chi connectivity index (χ0n) is 13.1. The van der Waals surface area contributed by atoms with Gasteiger partial charge in [-0.25, -0.2) is 0 Å². The second kappa shape index (κ2) is 8.40. The van der Waals surface area contributed by atoms with Crippen LogP contribution in [-0.4, -0.2) is 32.9 Å². The highest BCUT2D eigenvalue weighted by atomic mass is 16.5. The molecule has 0 aliphatic heterocycles. The lowest BCUT2D eigenvalue weighted by Gasteiger charge is -1.99. The number of methoxy groups -OCH3 is 2. The summed E-state index contributed by atoms with van der Waals surface area (Å²) in [5, 5.41) is 0. The van der Waals surface area contributed by atoms with E-state index >= 15 is 0 Å². The van der Waals surface area contributed by atoms with E-state index in [0.717, 1.165) is 22.4 Å². The van der Waals surface area contributed by atoms with Gasteiger partial charge in [0.2, 0.25) is 0 Å². The summed E-state index contributed by atoms with van der Waals surface area (Å²) in [5.41, 5.74) is 2.60. The molecule has 0 heterocycles. The number of aliphatic imine (C=N–C) groups is 1. The Hall–Kier alpha value is -3.06. The van der Waals surface area contributed by atoms with Crippen LogP contribution < -0.4 is 4.74 Å². The zero-order valence-corrected chi connectivity index (χ0v) is 13.1. The van der Waals surface area contributed by atoms with E-state index in [9.17, 15) is 4.79 Å². The minimum Gasteiger partial charge on any atom is -0.497 e. The molecule has 0 aliphatic rings. The molecule has 0 saturated heterocycles. The standard InChI is InChI=1S/C19H17NO3/c1-22-18-11-8-15(9-12-18)7-10-16-5-3-4-6-17(16)13-20-14-19(21)23-2/h3-6,8-9,11-13H,14H2,1-2H3. The predicted molar refractivity (Wildman–Crippen MR) is 89.9 cm³/mol. The van der Waals surface area contributed by atoms with Crippen LogP contribution in [0.25, 0.3) is 0 Å². The molecule has 4 nitrogen and oxygen atoms in total. The zero-order chi connectivity index (χ0) is 16.5. The van der Waals surface area contributed by atoms with E-state index in [1.807, 2.05) is 48.5 Å². The minimum absolute atomic E-state index is 0.00323. The van der Waals surface area contributed by atoms with Crippen molar-refractivity contribution in [2.24, 2.45) is 4.99 Å². The summed E-state index contributed by atoms with van der Waals surface area (Å²) in [6.07, 6.45) is 1.63. The van der Waals surface area contributed by atoms with Crippen molar-refractivity contribution in [3.8, 4) is 17.6 Å². The first-order chi connectivity index (χ1) is 11.2. The molecule has 2 aromatic carbocycles. The molecule has 0 radical (unpaired) electrons. The van der Waals surface area contributed by atoms with Gasteiger partial charge < -0.3 is 9.47 Å². The second-order valence-electron chi connectivity index (χ2n) is 4.61. The third kappa shape index (κ3) is 5.01. The van der Waals surface area contributed by atoms with Crippen LogP contribution in [0.1, 0.15) is 16.7 Å². The summed E-state index contributed by atoms with van der Waals surface area (Å²) < 4.78 is 9.67. The molecule has 23 heavy (non-hydrogen) atoms. The topological polar surface area (TPSA) is 47.9 Å². The second-order valence-corrected chi connectivity index (χ2v) is 4.61. The maximum Gasteiger partial charge on any atom is 0.327 e. The van der Waals surface area contributed by atoms with Gasteiger partial charge in [-0.2, -0.15) is 0 Å². The number of nitrogens with zero attached hydrogens (tertiary/aromatic N) is 1. The Labute approximate surface area is 135 Å². The van der Waals surface area contributed by atoms with Crippen LogP contribution >= 0.6 is 0 Å². The quantitative estimate of drug-likeness (QED) is 0.496. The fraction of sp³-hybridized carbons (Fsp3) is 0.158. The number of benzene rings is 2. The Kier molecular flexibility index (Phi) is 5.96. The molecule has 116 valence electrons. The molecule has 0 saturated carbocycles. The van der Waals surface area contributed by atoms with Crippen LogP contribution in [-0.2, 0) is 9.53 Å². The highest BCUT2D eigenvalue weighted by molar-refractivity contribution is 5.85. The summed E-state index contributed by atoms with van der Waals surface area (Å²) in [5.74, 6) is 6.65. The number of rotatable bonds is 4. The van der Waals surface area contributed by atoms with Crippen LogP contribution in [0.15, 0.2) is 53.5 Å². The molecule has 4 heteroatoms. The predicted octanol–water partition coefficient (Wildman–Crippen LogP) is 2.69. The van der Waals surface area contributed by atoms with E-state index in [2.05, 4.69) is 21.6 Å². The average Bonchev–Trinajstić information content (AvgIpc) is 2.61. The van der Waals surface area contributed by atoms with Gasteiger partial charge in [-0.05, 0) is 30.3 Å². The molecule has 0 atom stereocenters. The van der Waals surface area contributed by atoms with Crippen molar-refractivity contribution in [2.75, 3.05) is 20.8 Å². The summed E-state index contributed by atoms with van der Waals surface area (Å²) in [7, 11) is 2.97. The maximum absolute atomic E-state index is 11.1. The van der Waals surface area contributed by atoms with E-state index in [4.69, 9.17) is 4.74 Å². The van der Waals surface area contributed by atoms with Crippen LogP contribution in [0.5, 0.6) is 5.75 Å². The summed E-state index contributed by atoms with van der Waals surface area (Å²) >= 11 is 0. The first kappa shape index (κ1) is 16.3. The van der Waals surface area contributed by atoms with Gasteiger partial charge in [-0.15, -0.1) is 0 Å². The molecule has 0 N–H and O–H groups in total. The van der Waals surface area contributed by atoms with Gasteiger partial charge in [-0.3, -0.25) is 9.79 Å². The van der Waals surface area contributed by atoms with Crippen LogP contribution in [0, 0.1) is 11.8 Å². The van der Waals surface area contributed by atoms with E-state index < -0.39 is 0 Å². The normalized spacial score (nSPS) is 10.0. The molecule has 0 aromatic heterocycles. The first-order valence-corrected chi connectivity index (χ1v) is 7.04. The van der Waals surface area contributed by atoms with Gasteiger partial charge in [0.1, 0.15) is 12.3 Å². The Morgan fingerprint density at radius 1 is 1.09 bits per heavy atom. The van der Waals surface area contributed by atoms with Gasteiger partial charge >= 0.3 is 5.97 Å². The Morgan fingerprint density at radius 3 is 2.52 bits per heavy atom. The number of carbonyl (C=O) groups is 1. The molecule has 0 spiro atoms. The van der Waals surface area contributed by atoms with Crippen molar-refractivity contribution >= 4 is 12.2 Å². The van der Waals surface area contributed by atoms with E-state index in [0.29, 0.717) is 0 Å². The van der Waals surface area contributed by atoms with Crippen LogP contribution in [0.4, 0.5) is 0 Å². The molecule has 0 bridgehead atoms. The van der Waals surface area contributed by atoms with Crippen molar-refractivity contribution in [3.63, 3.8) is 0 Å². The van der Waals surface area contributed by atoms with Crippen LogP contribution in [0.2, 0.25) is 0 Å². The van der Waals surface area contributed by atoms with Crippen molar-refractivity contribution in [1.82, 2.24) is 0 Å². The average molecular weight is 307 g/mol.